The van der Waals surface area contributed by atoms with Crippen LogP contribution < -0.4 is 0 Å². The Morgan fingerprint density at radius 1 is 1.55 bits per heavy atom. The van der Waals surface area contributed by atoms with E-state index >= 15 is 0 Å². The minimum Gasteiger partial charge on any atom is -0.324 e. The highest BCUT2D eigenvalue weighted by molar-refractivity contribution is 7.52. The summed E-state index contributed by atoms with van der Waals surface area (Å²) >= 11 is 0. The molecular weight excluding hydrogens is 167 g/mol. The molecule has 0 bridgehead atoms. The normalized spacial score (nSPS) is 10.1. The summed E-state index contributed by atoms with van der Waals surface area (Å²) in [6, 6.07) is 0. The smallest absolute Gasteiger partial charge is 0.324 e. The molecule has 0 radical (unpaired) electrons. The van der Waals surface area contributed by atoms with E-state index in [9.17, 15) is 9.36 Å². The van der Waals surface area contributed by atoms with Gasteiger partial charge in [-0.2, -0.15) is 0 Å². The SMILES string of the molecule is CCC#CC(=O)CP(=O)(O)O. The number of Topliss-reactive ketones (excluding diaryl/α,β-unsaturated/α-hetero) is 1. The fraction of sp³-hybridized carbons (Fsp3) is 0.500. The molecule has 0 aliphatic rings. The van der Waals surface area contributed by atoms with Crippen molar-refractivity contribution in [1.29, 1.82) is 0 Å². The first kappa shape index (κ1) is 10.4. The molecule has 0 saturated heterocycles. The van der Waals surface area contributed by atoms with E-state index in [0.717, 1.165) is 0 Å². The monoisotopic (exact) mass is 176 g/mol. The number of rotatable bonds is 2. The van der Waals surface area contributed by atoms with Gasteiger partial charge >= 0.3 is 7.60 Å². The Morgan fingerprint density at radius 3 is 2.45 bits per heavy atom. The molecule has 0 aliphatic heterocycles. The largest absolute Gasteiger partial charge is 0.333 e. The van der Waals surface area contributed by atoms with Gasteiger partial charge in [0, 0.05) is 6.42 Å². The third-order valence-corrected chi connectivity index (χ3v) is 1.45. The van der Waals surface area contributed by atoms with Crippen LogP contribution in [-0.4, -0.2) is 21.7 Å². The van der Waals surface area contributed by atoms with Gasteiger partial charge in [-0.15, -0.1) is 0 Å². The molecule has 0 unspecified atom stereocenters. The molecule has 0 aromatic rings. The van der Waals surface area contributed by atoms with Crippen molar-refractivity contribution in [2.45, 2.75) is 13.3 Å². The van der Waals surface area contributed by atoms with Crippen molar-refractivity contribution in [2.75, 3.05) is 6.16 Å². The molecule has 0 amide bonds. The van der Waals surface area contributed by atoms with Crippen LogP contribution in [0.15, 0.2) is 0 Å². The van der Waals surface area contributed by atoms with Gasteiger partial charge in [0.15, 0.2) is 0 Å². The van der Waals surface area contributed by atoms with Gasteiger partial charge in [0.2, 0.25) is 5.78 Å². The summed E-state index contributed by atoms with van der Waals surface area (Å²) < 4.78 is 10.2. The minimum absolute atomic E-state index is 0.507. The lowest BCUT2D eigenvalue weighted by Gasteiger charge is -1.96. The average molecular weight is 176 g/mol. The van der Waals surface area contributed by atoms with Gasteiger partial charge in [-0.25, -0.2) is 0 Å². The van der Waals surface area contributed by atoms with Crippen LogP contribution >= 0.6 is 7.60 Å². The van der Waals surface area contributed by atoms with Crippen LogP contribution in [0.3, 0.4) is 0 Å². The lowest BCUT2D eigenvalue weighted by Crippen LogP contribution is -2.01. The molecule has 5 heteroatoms. The van der Waals surface area contributed by atoms with Crippen molar-refractivity contribution >= 4 is 13.4 Å². The van der Waals surface area contributed by atoms with Crippen LogP contribution in [0.1, 0.15) is 13.3 Å². The third-order valence-electron chi connectivity index (χ3n) is 0.754. The molecule has 0 spiro atoms. The van der Waals surface area contributed by atoms with Gasteiger partial charge < -0.3 is 9.79 Å². The minimum atomic E-state index is -4.21. The molecule has 62 valence electrons. The molecule has 0 rings (SSSR count). The van der Waals surface area contributed by atoms with E-state index in [1.807, 2.05) is 0 Å². The Labute approximate surface area is 64.8 Å². The molecule has 0 saturated carbocycles. The molecule has 11 heavy (non-hydrogen) atoms. The molecule has 0 aromatic carbocycles. The number of hydrogen-bond donors (Lipinski definition) is 2. The maximum Gasteiger partial charge on any atom is 0.333 e. The summed E-state index contributed by atoms with van der Waals surface area (Å²) in [6.07, 6.45) is -0.271. The highest BCUT2D eigenvalue weighted by atomic mass is 31.2. The molecule has 0 aromatic heterocycles. The van der Waals surface area contributed by atoms with Crippen molar-refractivity contribution in [3.05, 3.63) is 0 Å². The average Bonchev–Trinajstić information content (AvgIpc) is 1.79. The first-order valence-corrected chi connectivity index (χ1v) is 4.81. The Balaban J connectivity index is 4.00. The predicted octanol–water partition coefficient (Wildman–Crippen LogP) is 0.147. The molecule has 0 atom stereocenters. The number of carbonyl (C=O) groups is 1. The second kappa shape index (κ2) is 4.30. The molecule has 2 N–H and O–H groups in total. The zero-order valence-electron chi connectivity index (χ0n) is 6.07. The molecule has 4 nitrogen and oxygen atoms in total. The van der Waals surface area contributed by atoms with E-state index < -0.39 is 19.5 Å². The summed E-state index contributed by atoms with van der Waals surface area (Å²) in [5.41, 5.74) is 0. The van der Waals surface area contributed by atoms with Crippen LogP contribution in [0.2, 0.25) is 0 Å². The first-order chi connectivity index (χ1) is 4.95. The second-order valence-corrected chi connectivity index (χ2v) is 3.55. The first-order valence-electron chi connectivity index (χ1n) is 3.02. The Bertz CT molecular complexity index is 241. The number of hydrogen-bond acceptors (Lipinski definition) is 2. The van der Waals surface area contributed by atoms with Crippen LogP contribution in [0.4, 0.5) is 0 Å². The van der Waals surface area contributed by atoms with Gasteiger partial charge in [-0.1, -0.05) is 12.8 Å². The van der Waals surface area contributed by atoms with Crippen molar-refractivity contribution in [1.82, 2.24) is 0 Å². The predicted molar refractivity (Wildman–Crippen MR) is 40.0 cm³/mol. The van der Waals surface area contributed by atoms with Gasteiger partial charge in [0.1, 0.15) is 6.16 Å². The highest BCUT2D eigenvalue weighted by Gasteiger charge is 2.16. The van der Waals surface area contributed by atoms with Crippen LogP contribution in [0.5, 0.6) is 0 Å². The fourth-order valence-electron chi connectivity index (χ4n) is 0.414. The van der Waals surface area contributed by atoms with Crippen molar-refractivity contribution < 1.29 is 19.1 Å². The summed E-state index contributed by atoms with van der Waals surface area (Å²) in [5.74, 6) is 3.83. The number of carbonyl (C=O) groups excluding carboxylic acids is 1. The maximum absolute atomic E-state index is 10.6. The van der Waals surface area contributed by atoms with E-state index in [1.165, 1.54) is 0 Å². The van der Waals surface area contributed by atoms with Gasteiger partial charge in [-0.05, 0) is 5.92 Å². The van der Waals surface area contributed by atoms with Crippen molar-refractivity contribution in [3.63, 3.8) is 0 Å². The fourth-order valence-corrected chi connectivity index (χ4v) is 0.867. The van der Waals surface area contributed by atoms with Crippen LogP contribution in [0.25, 0.3) is 0 Å². The van der Waals surface area contributed by atoms with E-state index in [-0.39, 0.29) is 0 Å². The lowest BCUT2D eigenvalue weighted by atomic mass is 10.4. The summed E-state index contributed by atoms with van der Waals surface area (Å²) in [4.78, 5) is 27.2. The lowest BCUT2D eigenvalue weighted by molar-refractivity contribution is -0.111. The topological polar surface area (TPSA) is 74.6 Å². The summed E-state index contributed by atoms with van der Waals surface area (Å²) in [6.45, 7) is 1.75. The molecule has 0 fully saturated rings. The Morgan fingerprint density at radius 2 is 2.09 bits per heavy atom. The molecular formula is C6H9O4P. The zero-order chi connectivity index (χ0) is 8.91. The van der Waals surface area contributed by atoms with Crippen molar-refractivity contribution in [3.8, 4) is 11.8 Å². The van der Waals surface area contributed by atoms with Gasteiger partial charge in [0.05, 0.1) is 0 Å². The second-order valence-electron chi connectivity index (χ2n) is 1.90. The van der Waals surface area contributed by atoms with E-state index in [0.29, 0.717) is 6.42 Å². The molecule has 0 heterocycles. The quantitative estimate of drug-likeness (QED) is 0.356. The highest BCUT2D eigenvalue weighted by Crippen LogP contribution is 2.33. The Hall–Kier alpha value is -0.620. The summed E-state index contributed by atoms with van der Waals surface area (Å²) in [5, 5.41) is 0. The van der Waals surface area contributed by atoms with E-state index in [1.54, 1.807) is 6.92 Å². The third kappa shape index (κ3) is 7.27. The van der Waals surface area contributed by atoms with Gasteiger partial charge in [-0.3, -0.25) is 9.36 Å². The van der Waals surface area contributed by atoms with Crippen LogP contribution in [0, 0.1) is 11.8 Å². The number of ketones is 1. The van der Waals surface area contributed by atoms with E-state index in [2.05, 4.69) is 11.8 Å². The van der Waals surface area contributed by atoms with Crippen LogP contribution in [-0.2, 0) is 9.36 Å². The zero-order valence-corrected chi connectivity index (χ0v) is 6.97. The maximum atomic E-state index is 10.6. The van der Waals surface area contributed by atoms with Crippen molar-refractivity contribution in [2.24, 2.45) is 0 Å². The van der Waals surface area contributed by atoms with Gasteiger partial charge in [0.25, 0.3) is 0 Å². The van der Waals surface area contributed by atoms with E-state index in [4.69, 9.17) is 9.79 Å². The Kier molecular flexibility index (Phi) is 4.06. The standard InChI is InChI=1S/C6H9O4P/c1-2-3-4-6(7)5-11(8,9)10/h2,5H2,1H3,(H2,8,9,10). The molecule has 0 aliphatic carbocycles. The summed E-state index contributed by atoms with van der Waals surface area (Å²) in [7, 11) is -4.21.